The molecule has 0 aliphatic rings. The molecular weight excluding hydrogens is 470 g/mol. The van der Waals surface area contributed by atoms with Crippen molar-refractivity contribution in [2.45, 2.75) is 51.2 Å². The van der Waals surface area contributed by atoms with Crippen LogP contribution in [-0.2, 0) is 27.2 Å². The molecule has 194 valence electrons. The highest BCUT2D eigenvalue weighted by Gasteiger charge is 2.30. The third kappa shape index (κ3) is 5.83. The summed E-state index contributed by atoms with van der Waals surface area (Å²) in [6.07, 6.45) is 4.52. The highest BCUT2D eigenvalue weighted by atomic mass is 16.4. The number of aromatic nitrogens is 2. The summed E-state index contributed by atoms with van der Waals surface area (Å²) >= 11 is 0. The van der Waals surface area contributed by atoms with Crippen LogP contribution in [0.2, 0.25) is 0 Å². The first-order valence-electron chi connectivity index (χ1n) is 12.5. The molecule has 2 heterocycles. The van der Waals surface area contributed by atoms with E-state index in [-0.39, 0.29) is 18.8 Å². The monoisotopic (exact) mass is 503 g/mol. The maximum Gasteiger partial charge on any atom is 0.326 e. The van der Waals surface area contributed by atoms with Crippen LogP contribution in [0.25, 0.3) is 21.8 Å². The van der Waals surface area contributed by atoms with Gasteiger partial charge in [0.15, 0.2) is 0 Å². The van der Waals surface area contributed by atoms with Crippen LogP contribution in [0.4, 0.5) is 0 Å². The highest BCUT2D eigenvalue weighted by molar-refractivity contribution is 5.93. The Balaban J connectivity index is 1.57. The fraction of sp³-hybridized carbons (Fsp3) is 0.321. The van der Waals surface area contributed by atoms with Gasteiger partial charge in [-0.25, -0.2) is 4.79 Å². The van der Waals surface area contributed by atoms with E-state index in [1.54, 1.807) is 12.4 Å². The van der Waals surface area contributed by atoms with E-state index in [0.29, 0.717) is 6.42 Å². The number of nitrogens with two attached hydrogens (primary N) is 1. The standard InChI is InChI=1S/C28H33N5O4/c1-3-16(2)25(29)27(35)32-23(12-17-14-30-21-10-6-4-8-19(17)21)26(34)33-24(28(36)37)13-18-15-31-22-11-7-5-9-20(18)22/h4-11,14-16,23-25,30-31H,3,12-13,29H2,1-2H3,(H,32,35)(H,33,34)(H,36,37)/t16-,23-,24-,25-/m0/s1. The summed E-state index contributed by atoms with van der Waals surface area (Å²) in [6.45, 7) is 3.82. The topological polar surface area (TPSA) is 153 Å². The summed E-state index contributed by atoms with van der Waals surface area (Å²) in [5, 5.41) is 17.2. The Morgan fingerprint density at radius 3 is 1.84 bits per heavy atom. The highest BCUT2D eigenvalue weighted by Crippen LogP contribution is 2.21. The molecule has 0 saturated heterocycles. The summed E-state index contributed by atoms with van der Waals surface area (Å²) in [6, 6.07) is 12.2. The molecule has 9 nitrogen and oxygen atoms in total. The van der Waals surface area contributed by atoms with E-state index < -0.39 is 35.9 Å². The number of hydrogen-bond donors (Lipinski definition) is 6. The molecule has 4 rings (SSSR count). The van der Waals surface area contributed by atoms with Crippen LogP contribution >= 0.6 is 0 Å². The molecule has 0 fully saturated rings. The summed E-state index contributed by atoms with van der Waals surface area (Å²) in [5.41, 5.74) is 9.53. The Kier molecular flexibility index (Phi) is 7.93. The molecule has 0 saturated carbocycles. The van der Waals surface area contributed by atoms with Crippen molar-refractivity contribution >= 4 is 39.6 Å². The number of rotatable bonds is 11. The lowest BCUT2D eigenvalue weighted by Gasteiger charge is -2.24. The third-order valence-corrected chi connectivity index (χ3v) is 7.01. The van der Waals surface area contributed by atoms with Gasteiger partial charge in [0.1, 0.15) is 12.1 Å². The first kappa shape index (κ1) is 26.0. The zero-order valence-electron chi connectivity index (χ0n) is 21.0. The second kappa shape index (κ2) is 11.3. The van der Waals surface area contributed by atoms with Gasteiger partial charge in [-0.2, -0.15) is 0 Å². The van der Waals surface area contributed by atoms with Crippen molar-refractivity contribution in [3.05, 3.63) is 72.1 Å². The van der Waals surface area contributed by atoms with E-state index in [4.69, 9.17) is 5.73 Å². The zero-order valence-corrected chi connectivity index (χ0v) is 21.0. The number of para-hydroxylation sites is 2. The van der Waals surface area contributed by atoms with Crippen molar-refractivity contribution in [1.29, 1.82) is 0 Å². The molecule has 2 amide bonds. The van der Waals surface area contributed by atoms with Gasteiger partial charge in [-0.1, -0.05) is 56.7 Å². The first-order valence-corrected chi connectivity index (χ1v) is 12.5. The molecule has 7 N–H and O–H groups in total. The van der Waals surface area contributed by atoms with Crippen LogP contribution in [-0.4, -0.2) is 51.0 Å². The molecule has 2 aromatic heterocycles. The molecule has 0 spiro atoms. The van der Waals surface area contributed by atoms with Crippen molar-refractivity contribution in [2.75, 3.05) is 0 Å². The van der Waals surface area contributed by atoms with Crippen molar-refractivity contribution in [3.8, 4) is 0 Å². The number of amides is 2. The van der Waals surface area contributed by atoms with Crippen LogP contribution in [0.5, 0.6) is 0 Å². The molecular formula is C28H33N5O4. The number of H-pyrrole nitrogens is 2. The number of carboxylic acid groups (broad SMARTS) is 1. The van der Waals surface area contributed by atoms with Crippen LogP contribution in [0.15, 0.2) is 60.9 Å². The normalized spacial score (nSPS) is 14.7. The van der Waals surface area contributed by atoms with Crippen LogP contribution in [0.1, 0.15) is 31.4 Å². The molecule has 0 aliphatic carbocycles. The van der Waals surface area contributed by atoms with Gasteiger partial charge in [0, 0.05) is 47.0 Å². The van der Waals surface area contributed by atoms with Crippen molar-refractivity contribution in [2.24, 2.45) is 11.7 Å². The second-order valence-electron chi connectivity index (χ2n) is 9.50. The largest absolute Gasteiger partial charge is 0.480 e. The van der Waals surface area contributed by atoms with Crippen LogP contribution in [0, 0.1) is 5.92 Å². The Hall–Kier alpha value is -4.11. The van der Waals surface area contributed by atoms with Gasteiger partial charge in [-0.05, 0) is 29.2 Å². The van der Waals surface area contributed by atoms with Crippen molar-refractivity contribution in [1.82, 2.24) is 20.6 Å². The number of carbonyl (C=O) groups is 3. The van der Waals surface area contributed by atoms with Gasteiger partial charge in [0.2, 0.25) is 11.8 Å². The second-order valence-corrected chi connectivity index (χ2v) is 9.50. The van der Waals surface area contributed by atoms with E-state index in [9.17, 15) is 19.5 Å². The van der Waals surface area contributed by atoms with Gasteiger partial charge < -0.3 is 31.4 Å². The smallest absolute Gasteiger partial charge is 0.326 e. The average molecular weight is 504 g/mol. The maximum atomic E-state index is 13.5. The molecule has 0 aliphatic heterocycles. The molecule has 2 aromatic carbocycles. The molecule has 0 bridgehead atoms. The molecule has 0 radical (unpaired) electrons. The van der Waals surface area contributed by atoms with Crippen LogP contribution < -0.4 is 16.4 Å². The number of nitrogens with one attached hydrogen (secondary N) is 4. The average Bonchev–Trinajstić information content (AvgIpc) is 3.51. The van der Waals surface area contributed by atoms with Gasteiger partial charge in [0.05, 0.1) is 6.04 Å². The van der Waals surface area contributed by atoms with E-state index >= 15 is 0 Å². The quantitative estimate of drug-likeness (QED) is 0.186. The third-order valence-electron chi connectivity index (χ3n) is 7.01. The van der Waals surface area contributed by atoms with E-state index in [0.717, 1.165) is 32.9 Å². The van der Waals surface area contributed by atoms with E-state index in [1.807, 2.05) is 62.4 Å². The summed E-state index contributed by atoms with van der Waals surface area (Å²) < 4.78 is 0. The first-order chi connectivity index (χ1) is 17.8. The summed E-state index contributed by atoms with van der Waals surface area (Å²) in [5.74, 6) is -2.27. The Morgan fingerprint density at radius 1 is 0.838 bits per heavy atom. The summed E-state index contributed by atoms with van der Waals surface area (Å²) in [4.78, 5) is 44.8. The van der Waals surface area contributed by atoms with E-state index in [2.05, 4.69) is 20.6 Å². The van der Waals surface area contributed by atoms with Gasteiger partial charge >= 0.3 is 5.97 Å². The number of carbonyl (C=O) groups excluding carboxylic acids is 2. The number of carboxylic acids is 1. The minimum absolute atomic E-state index is 0.0783. The van der Waals surface area contributed by atoms with Gasteiger partial charge in [-0.15, -0.1) is 0 Å². The zero-order chi connectivity index (χ0) is 26.5. The van der Waals surface area contributed by atoms with Crippen molar-refractivity contribution in [3.63, 3.8) is 0 Å². The molecule has 9 heteroatoms. The molecule has 0 unspecified atom stereocenters. The Bertz CT molecular complexity index is 1410. The SMILES string of the molecule is CC[C@H](C)[C@H](N)C(=O)N[C@@H](Cc1c[nH]c2ccccc12)C(=O)N[C@@H](Cc1c[nH]c2ccccc12)C(=O)O. The number of aromatic amines is 2. The fourth-order valence-electron chi connectivity index (χ4n) is 4.50. The van der Waals surface area contributed by atoms with Gasteiger partial charge in [-0.3, -0.25) is 9.59 Å². The van der Waals surface area contributed by atoms with Crippen molar-refractivity contribution < 1.29 is 19.5 Å². The number of benzene rings is 2. The lowest BCUT2D eigenvalue weighted by molar-refractivity contribution is -0.142. The lowest BCUT2D eigenvalue weighted by atomic mass is 9.98. The Labute approximate surface area is 214 Å². The van der Waals surface area contributed by atoms with E-state index in [1.165, 1.54) is 0 Å². The molecule has 4 aromatic rings. The number of aliphatic carboxylic acids is 1. The summed E-state index contributed by atoms with van der Waals surface area (Å²) in [7, 11) is 0. The predicted octanol–water partition coefficient (Wildman–Crippen LogP) is 2.86. The van der Waals surface area contributed by atoms with Gasteiger partial charge in [0.25, 0.3) is 0 Å². The molecule has 37 heavy (non-hydrogen) atoms. The number of hydrogen-bond acceptors (Lipinski definition) is 4. The Morgan fingerprint density at radius 2 is 1.32 bits per heavy atom. The van der Waals surface area contributed by atoms with Crippen LogP contribution in [0.3, 0.4) is 0 Å². The minimum atomic E-state index is -1.18. The fourth-order valence-corrected chi connectivity index (χ4v) is 4.50. The number of fused-ring (bicyclic) bond motifs is 2. The minimum Gasteiger partial charge on any atom is -0.480 e. The maximum absolute atomic E-state index is 13.5. The lowest BCUT2D eigenvalue weighted by Crippen LogP contribution is -2.56. The predicted molar refractivity (Wildman–Crippen MR) is 143 cm³/mol. The molecule has 4 atom stereocenters.